The van der Waals surface area contributed by atoms with Crippen LogP contribution in [0.25, 0.3) is 0 Å². The lowest BCUT2D eigenvalue weighted by atomic mass is 10.2. The van der Waals surface area contributed by atoms with E-state index >= 15 is 0 Å². The summed E-state index contributed by atoms with van der Waals surface area (Å²) in [5, 5.41) is 20.2. The van der Waals surface area contributed by atoms with Crippen LogP contribution in [-0.4, -0.2) is 42.7 Å². The van der Waals surface area contributed by atoms with Gasteiger partial charge in [0, 0.05) is 4.88 Å². The minimum Gasteiger partial charge on any atom is -0.476 e. The van der Waals surface area contributed by atoms with E-state index in [4.69, 9.17) is 4.74 Å². The number of carboxylic acids is 1. The van der Waals surface area contributed by atoms with Crippen molar-refractivity contribution in [3.8, 4) is 0 Å². The molecule has 0 saturated heterocycles. The van der Waals surface area contributed by atoms with Gasteiger partial charge in [0.05, 0.1) is 24.5 Å². The fourth-order valence-electron chi connectivity index (χ4n) is 2.01. The van der Waals surface area contributed by atoms with E-state index in [1.54, 1.807) is 20.8 Å². The summed E-state index contributed by atoms with van der Waals surface area (Å²) in [5.74, 6) is -1.21. The van der Waals surface area contributed by atoms with Crippen molar-refractivity contribution >= 4 is 23.4 Å². The van der Waals surface area contributed by atoms with Crippen LogP contribution in [0.4, 0.5) is 4.79 Å². The number of ether oxygens (including phenoxy) is 1. The Morgan fingerprint density at radius 1 is 1.32 bits per heavy atom. The molecule has 2 rings (SSSR count). The molecule has 0 radical (unpaired) electrons. The van der Waals surface area contributed by atoms with Gasteiger partial charge < -0.3 is 15.2 Å². The summed E-state index contributed by atoms with van der Waals surface area (Å²) in [5.41, 5.74) is 0.352. The third-order valence-corrected chi connectivity index (χ3v) is 4.25. The van der Waals surface area contributed by atoms with Crippen molar-refractivity contribution in [2.75, 3.05) is 0 Å². The zero-order valence-corrected chi connectivity index (χ0v) is 15.6. The van der Waals surface area contributed by atoms with Gasteiger partial charge in [-0.3, -0.25) is 0 Å². The average Bonchev–Trinajstić information content (AvgIpc) is 2.99. The molecule has 2 N–H and O–H groups in total. The molecular formula is C15H21N5O4S. The number of aromatic nitrogens is 4. The number of nitrogens with zero attached hydrogens (tertiary/aromatic N) is 4. The summed E-state index contributed by atoms with van der Waals surface area (Å²) in [6.07, 6.45) is -0.641. The van der Waals surface area contributed by atoms with Crippen LogP contribution in [0.2, 0.25) is 0 Å². The first-order chi connectivity index (χ1) is 11.6. The van der Waals surface area contributed by atoms with E-state index in [9.17, 15) is 14.7 Å². The zero-order valence-electron chi connectivity index (χ0n) is 14.8. The van der Waals surface area contributed by atoms with Crippen LogP contribution in [0.15, 0.2) is 0 Å². The van der Waals surface area contributed by atoms with Crippen molar-refractivity contribution in [3.05, 3.63) is 27.0 Å². The minimum absolute atomic E-state index is 0.0626. The van der Waals surface area contributed by atoms with Crippen molar-refractivity contribution < 1.29 is 19.4 Å². The highest BCUT2D eigenvalue weighted by atomic mass is 32.1. The van der Waals surface area contributed by atoms with Crippen LogP contribution in [0.1, 0.15) is 52.5 Å². The lowest BCUT2D eigenvalue weighted by Crippen LogP contribution is -2.33. The first kappa shape index (κ1) is 18.8. The number of rotatable bonds is 5. The molecule has 0 spiro atoms. The molecule has 0 bridgehead atoms. The molecule has 2 aromatic rings. The summed E-state index contributed by atoms with van der Waals surface area (Å²) in [6.45, 7) is 9.32. The van der Waals surface area contributed by atoms with Gasteiger partial charge in [-0.05, 0) is 34.6 Å². The number of carboxylic acid groups (broad SMARTS) is 1. The van der Waals surface area contributed by atoms with E-state index in [1.165, 1.54) is 16.0 Å². The molecule has 0 saturated carbocycles. The highest BCUT2D eigenvalue weighted by molar-refractivity contribution is 7.11. The molecule has 0 aliphatic rings. The fraction of sp³-hybridized carbons (Fsp3) is 0.533. The molecule has 2 aromatic heterocycles. The van der Waals surface area contributed by atoms with Crippen molar-refractivity contribution in [2.45, 2.75) is 53.3 Å². The molecule has 1 amide bonds. The highest BCUT2D eigenvalue weighted by Crippen LogP contribution is 2.18. The summed E-state index contributed by atoms with van der Waals surface area (Å²) in [6, 6.07) is 0. The van der Waals surface area contributed by atoms with Gasteiger partial charge in [0.15, 0.2) is 5.69 Å². The van der Waals surface area contributed by atoms with E-state index in [-0.39, 0.29) is 24.5 Å². The predicted molar refractivity (Wildman–Crippen MR) is 90.7 cm³/mol. The van der Waals surface area contributed by atoms with E-state index < -0.39 is 17.7 Å². The predicted octanol–water partition coefficient (Wildman–Crippen LogP) is 2.12. The summed E-state index contributed by atoms with van der Waals surface area (Å²) >= 11 is 1.51. The van der Waals surface area contributed by atoms with Crippen LogP contribution in [-0.2, 0) is 17.8 Å². The molecule has 25 heavy (non-hydrogen) atoms. The Balaban J connectivity index is 2.18. The van der Waals surface area contributed by atoms with Gasteiger partial charge in [0.25, 0.3) is 0 Å². The Labute approximate surface area is 149 Å². The maximum atomic E-state index is 11.8. The third-order valence-electron chi connectivity index (χ3n) is 3.20. The van der Waals surface area contributed by atoms with Crippen LogP contribution >= 0.6 is 11.3 Å². The van der Waals surface area contributed by atoms with E-state index in [1.807, 2.05) is 13.8 Å². The van der Waals surface area contributed by atoms with E-state index in [0.717, 1.165) is 15.6 Å². The van der Waals surface area contributed by atoms with Crippen molar-refractivity contribution in [2.24, 2.45) is 0 Å². The number of carbonyl (C=O) groups is 2. The molecule has 0 aromatic carbocycles. The Hall–Kier alpha value is -2.49. The lowest BCUT2D eigenvalue weighted by molar-refractivity contribution is 0.0519. The quantitative estimate of drug-likeness (QED) is 0.830. The van der Waals surface area contributed by atoms with Crippen molar-refractivity contribution in [3.63, 3.8) is 0 Å². The Morgan fingerprint density at radius 3 is 2.52 bits per heavy atom. The Morgan fingerprint density at radius 2 is 2.00 bits per heavy atom. The third kappa shape index (κ3) is 4.99. The second-order valence-corrected chi connectivity index (χ2v) is 7.74. The smallest absolute Gasteiger partial charge is 0.407 e. The van der Waals surface area contributed by atoms with E-state index in [0.29, 0.717) is 0 Å². The van der Waals surface area contributed by atoms with Gasteiger partial charge in [-0.25, -0.2) is 19.3 Å². The molecule has 0 aliphatic heterocycles. The van der Waals surface area contributed by atoms with Gasteiger partial charge in [0.2, 0.25) is 0 Å². The standard InChI is InChI=1S/C15H21N5O4S/c1-8-9(2)25-11(17-8)7-20-10(12(13(21)22)18-19-20)6-16-14(23)24-15(3,4)5/h6-7H2,1-5H3,(H,16,23)(H,21,22). The summed E-state index contributed by atoms with van der Waals surface area (Å²) in [4.78, 5) is 28.7. The largest absolute Gasteiger partial charge is 0.476 e. The Kier molecular flexibility index (Phi) is 5.41. The monoisotopic (exact) mass is 367 g/mol. The second kappa shape index (κ2) is 7.18. The average molecular weight is 367 g/mol. The van der Waals surface area contributed by atoms with Crippen LogP contribution in [0.5, 0.6) is 0 Å². The van der Waals surface area contributed by atoms with E-state index in [2.05, 4.69) is 20.6 Å². The molecule has 0 unspecified atom stereocenters. The number of hydrogen-bond donors (Lipinski definition) is 2. The summed E-state index contributed by atoms with van der Waals surface area (Å²) in [7, 11) is 0. The van der Waals surface area contributed by atoms with Gasteiger partial charge >= 0.3 is 12.1 Å². The first-order valence-corrected chi connectivity index (χ1v) is 8.44. The topological polar surface area (TPSA) is 119 Å². The van der Waals surface area contributed by atoms with Crippen molar-refractivity contribution in [1.29, 1.82) is 0 Å². The molecule has 0 fully saturated rings. The van der Waals surface area contributed by atoms with Gasteiger partial charge in [0.1, 0.15) is 10.6 Å². The minimum atomic E-state index is -1.21. The van der Waals surface area contributed by atoms with Crippen LogP contribution in [0.3, 0.4) is 0 Å². The zero-order chi connectivity index (χ0) is 18.8. The fourth-order valence-corrected chi connectivity index (χ4v) is 2.92. The SMILES string of the molecule is Cc1nc(Cn2nnc(C(=O)O)c2CNC(=O)OC(C)(C)C)sc1C. The number of nitrogens with one attached hydrogen (secondary N) is 1. The second-order valence-electron chi connectivity index (χ2n) is 6.45. The molecule has 136 valence electrons. The number of aryl methyl sites for hydroxylation is 2. The number of alkyl carbamates (subject to hydrolysis) is 1. The molecule has 10 heteroatoms. The van der Waals surface area contributed by atoms with Gasteiger partial charge in [-0.15, -0.1) is 16.4 Å². The molecule has 0 aliphatic carbocycles. The van der Waals surface area contributed by atoms with Gasteiger partial charge in [-0.2, -0.15) is 0 Å². The number of amides is 1. The molecule has 2 heterocycles. The normalized spacial score (nSPS) is 11.4. The molecule has 0 atom stereocenters. The number of hydrogen-bond acceptors (Lipinski definition) is 7. The molecule has 9 nitrogen and oxygen atoms in total. The summed E-state index contributed by atoms with van der Waals surface area (Å²) < 4.78 is 6.58. The van der Waals surface area contributed by atoms with Crippen LogP contribution in [0, 0.1) is 13.8 Å². The molecular weight excluding hydrogens is 346 g/mol. The maximum Gasteiger partial charge on any atom is 0.407 e. The Bertz CT molecular complexity index is 771. The maximum absolute atomic E-state index is 11.8. The number of thiazole rings is 1. The van der Waals surface area contributed by atoms with Gasteiger partial charge in [-0.1, -0.05) is 5.21 Å². The lowest BCUT2D eigenvalue weighted by Gasteiger charge is -2.19. The number of aromatic carboxylic acids is 1. The first-order valence-electron chi connectivity index (χ1n) is 7.62. The van der Waals surface area contributed by atoms with Crippen molar-refractivity contribution in [1.82, 2.24) is 25.3 Å². The highest BCUT2D eigenvalue weighted by Gasteiger charge is 2.22. The number of carbonyl (C=O) groups excluding carboxylic acids is 1. The van der Waals surface area contributed by atoms with Crippen LogP contribution < -0.4 is 5.32 Å².